The van der Waals surface area contributed by atoms with Crippen molar-refractivity contribution in [1.82, 2.24) is 4.98 Å². The van der Waals surface area contributed by atoms with Gasteiger partial charge in [-0.2, -0.15) is 13.2 Å². The number of nitrogens with one attached hydrogen (secondary N) is 1. The second-order valence-electron chi connectivity index (χ2n) is 5.29. The Morgan fingerprint density at radius 3 is 2.38 bits per heavy atom. The SMILES string of the molecule is Cc1cccc(-c2[nH]c3ccccc3c2S(=O)(=O)C(F)(F)F)c1O. The van der Waals surface area contributed by atoms with Crippen LogP contribution in [0.3, 0.4) is 0 Å². The summed E-state index contributed by atoms with van der Waals surface area (Å²) < 4.78 is 63.6. The number of fused-ring (bicyclic) bond motifs is 1. The van der Waals surface area contributed by atoms with E-state index in [1.165, 1.54) is 30.3 Å². The molecule has 0 bridgehead atoms. The van der Waals surface area contributed by atoms with E-state index in [1.807, 2.05) is 0 Å². The number of aryl methyl sites for hydroxylation is 1. The molecule has 24 heavy (non-hydrogen) atoms. The minimum absolute atomic E-state index is 0.00553. The average Bonchev–Trinajstić information content (AvgIpc) is 2.88. The monoisotopic (exact) mass is 355 g/mol. The van der Waals surface area contributed by atoms with E-state index >= 15 is 0 Å². The number of H-pyrrole nitrogens is 1. The number of aromatic amines is 1. The summed E-state index contributed by atoms with van der Waals surface area (Å²) in [5, 5.41) is 10.1. The molecule has 1 heterocycles. The number of rotatable bonds is 2. The van der Waals surface area contributed by atoms with Gasteiger partial charge in [-0.15, -0.1) is 0 Å². The minimum Gasteiger partial charge on any atom is -0.507 e. The molecule has 4 nitrogen and oxygen atoms in total. The molecular weight excluding hydrogens is 343 g/mol. The minimum atomic E-state index is -5.61. The van der Waals surface area contributed by atoms with Crippen LogP contribution in [0.4, 0.5) is 13.2 Å². The summed E-state index contributed by atoms with van der Waals surface area (Å²) in [6.45, 7) is 1.57. The van der Waals surface area contributed by atoms with Crippen LogP contribution in [0.1, 0.15) is 5.56 Å². The van der Waals surface area contributed by atoms with Crippen molar-refractivity contribution in [1.29, 1.82) is 0 Å². The van der Waals surface area contributed by atoms with E-state index in [-0.39, 0.29) is 27.9 Å². The zero-order chi connectivity index (χ0) is 17.7. The highest BCUT2D eigenvalue weighted by molar-refractivity contribution is 7.92. The molecule has 0 unspecified atom stereocenters. The smallest absolute Gasteiger partial charge is 0.502 e. The van der Waals surface area contributed by atoms with Crippen LogP contribution < -0.4 is 0 Å². The summed E-state index contributed by atoms with van der Waals surface area (Å²) >= 11 is 0. The molecule has 2 N–H and O–H groups in total. The molecule has 3 aromatic rings. The quantitative estimate of drug-likeness (QED) is 0.726. The Hall–Kier alpha value is -2.48. The van der Waals surface area contributed by atoms with Crippen LogP contribution in [-0.4, -0.2) is 24.0 Å². The Bertz CT molecular complexity index is 1040. The molecule has 0 amide bonds. The van der Waals surface area contributed by atoms with Gasteiger partial charge in [-0.3, -0.25) is 0 Å². The fraction of sp³-hybridized carbons (Fsp3) is 0.125. The maximum Gasteiger partial charge on any atom is 0.502 e. The standard InChI is InChI=1S/C16H12F3NO3S/c1-9-5-4-7-11(14(9)21)13-15(24(22,23)16(17,18)19)10-6-2-3-8-12(10)20-13/h2-8,20-21H,1H3. The van der Waals surface area contributed by atoms with Crippen LogP contribution in [0.2, 0.25) is 0 Å². The molecule has 0 atom stereocenters. The fourth-order valence-corrected chi connectivity index (χ4v) is 3.69. The highest BCUT2D eigenvalue weighted by atomic mass is 32.2. The molecule has 3 rings (SSSR count). The van der Waals surface area contributed by atoms with Gasteiger partial charge in [-0.05, 0) is 24.6 Å². The van der Waals surface area contributed by atoms with E-state index < -0.39 is 20.2 Å². The third-order valence-electron chi connectivity index (χ3n) is 3.74. The summed E-state index contributed by atoms with van der Waals surface area (Å²) in [4.78, 5) is 1.80. The topological polar surface area (TPSA) is 70.2 Å². The number of phenolic OH excluding ortho intramolecular Hbond substituents is 1. The Labute approximate surface area is 135 Å². The summed E-state index contributed by atoms with van der Waals surface area (Å²) in [5.41, 5.74) is -5.09. The molecule has 0 fully saturated rings. The van der Waals surface area contributed by atoms with Crippen LogP contribution in [-0.2, 0) is 9.84 Å². The molecule has 0 radical (unpaired) electrons. The van der Waals surface area contributed by atoms with Gasteiger partial charge in [0.1, 0.15) is 10.6 Å². The van der Waals surface area contributed by atoms with E-state index in [0.29, 0.717) is 5.56 Å². The lowest BCUT2D eigenvalue weighted by atomic mass is 10.1. The number of aromatic hydroxyl groups is 1. The van der Waals surface area contributed by atoms with Crippen molar-refractivity contribution in [3.05, 3.63) is 48.0 Å². The van der Waals surface area contributed by atoms with Crippen LogP contribution >= 0.6 is 0 Å². The van der Waals surface area contributed by atoms with Crippen molar-refractivity contribution >= 4 is 20.7 Å². The van der Waals surface area contributed by atoms with Gasteiger partial charge in [-0.1, -0.05) is 30.3 Å². The number of benzene rings is 2. The van der Waals surface area contributed by atoms with E-state index in [1.54, 1.807) is 19.1 Å². The molecule has 0 aliphatic heterocycles. The first-order chi connectivity index (χ1) is 11.1. The second kappa shape index (κ2) is 5.27. The van der Waals surface area contributed by atoms with Crippen molar-refractivity contribution in [2.75, 3.05) is 0 Å². The maximum atomic E-state index is 13.1. The molecule has 8 heteroatoms. The Balaban J connectivity index is 2.46. The normalized spacial score (nSPS) is 12.7. The van der Waals surface area contributed by atoms with Crippen molar-refractivity contribution < 1.29 is 26.7 Å². The number of hydrogen-bond donors (Lipinski definition) is 2. The third kappa shape index (κ3) is 2.34. The Morgan fingerprint density at radius 2 is 1.71 bits per heavy atom. The van der Waals surface area contributed by atoms with Crippen molar-refractivity contribution in [2.45, 2.75) is 17.3 Å². The highest BCUT2D eigenvalue weighted by Crippen LogP contribution is 2.43. The van der Waals surface area contributed by atoms with Crippen LogP contribution in [0.25, 0.3) is 22.2 Å². The molecule has 0 saturated heterocycles. The number of aromatic nitrogens is 1. The lowest BCUT2D eigenvalue weighted by Gasteiger charge is -2.11. The van der Waals surface area contributed by atoms with Crippen LogP contribution in [0, 0.1) is 6.92 Å². The zero-order valence-corrected chi connectivity index (χ0v) is 13.2. The molecule has 1 aromatic heterocycles. The summed E-state index contributed by atoms with van der Waals surface area (Å²) in [5.74, 6) is -0.275. The van der Waals surface area contributed by atoms with Crippen molar-refractivity contribution in [3.8, 4) is 17.0 Å². The summed E-state index contributed by atoms with van der Waals surface area (Å²) in [6.07, 6.45) is 0. The van der Waals surface area contributed by atoms with Gasteiger partial charge in [0, 0.05) is 16.5 Å². The number of alkyl halides is 3. The van der Waals surface area contributed by atoms with Gasteiger partial charge in [0.2, 0.25) is 0 Å². The molecule has 0 saturated carbocycles. The molecule has 2 aromatic carbocycles. The van der Waals surface area contributed by atoms with Crippen molar-refractivity contribution in [3.63, 3.8) is 0 Å². The van der Waals surface area contributed by atoms with Gasteiger partial charge >= 0.3 is 5.51 Å². The first kappa shape index (κ1) is 16.4. The first-order valence-corrected chi connectivity index (χ1v) is 8.34. The van der Waals surface area contributed by atoms with E-state index in [2.05, 4.69) is 4.98 Å². The second-order valence-corrected chi connectivity index (χ2v) is 7.17. The molecule has 126 valence electrons. The predicted octanol–water partition coefficient (Wildman–Crippen LogP) is 4.14. The molecular formula is C16H12F3NO3S. The van der Waals surface area contributed by atoms with Crippen molar-refractivity contribution in [2.24, 2.45) is 0 Å². The lowest BCUT2D eigenvalue weighted by molar-refractivity contribution is -0.0435. The van der Waals surface area contributed by atoms with Gasteiger partial charge in [0.15, 0.2) is 0 Å². The Morgan fingerprint density at radius 1 is 1.04 bits per heavy atom. The first-order valence-electron chi connectivity index (χ1n) is 6.85. The van der Waals surface area contributed by atoms with E-state index in [4.69, 9.17) is 0 Å². The molecule has 0 aliphatic rings. The maximum absolute atomic E-state index is 13.1. The van der Waals surface area contributed by atoms with Gasteiger partial charge in [-0.25, -0.2) is 8.42 Å². The van der Waals surface area contributed by atoms with E-state index in [9.17, 15) is 26.7 Å². The van der Waals surface area contributed by atoms with E-state index in [0.717, 1.165) is 0 Å². The number of hydrogen-bond acceptors (Lipinski definition) is 3. The number of sulfone groups is 1. The lowest BCUT2D eigenvalue weighted by Crippen LogP contribution is -2.23. The summed E-state index contributed by atoms with van der Waals surface area (Å²) in [7, 11) is -5.61. The summed E-state index contributed by atoms with van der Waals surface area (Å²) in [6, 6.07) is 10.2. The number of halogens is 3. The highest BCUT2D eigenvalue weighted by Gasteiger charge is 2.49. The van der Waals surface area contributed by atoms with Gasteiger partial charge < -0.3 is 10.1 Å². The Kier molecular flexibility index (Phi) is 3.60. The average molecular weight is 355 g/mol. The van der Waals surface area contributed by atoms with Crippen LogP contribution in [0.5, 0.6) is 5.75 Å². The predicted molar refractivity (Wildman–Crippen MR) is 83.4 cm³/mol. The largest absolute Gasteiger partial charge is 0.507 e. The number of phenols is 1. The number of para-hydroxylation sites is 2. The van der Waals surface area contributed by atoms with Crippen LogP contribution in [0.15, 0.2) is 47.4 Å². The third-order valence-corrected chi connectivity index (χ3v) is 5.31. The van der Waals surface area contributed by atoms with Gasteiger partial charge in [0.25, 0.3) is 9.84 Å². The fourth-order valence-electron chi connectivity index (χ4n) is 2.56. The molecule has 0 spiro atoms. The van der Waals surface area contributed by atoms with Gasteiger partial charge in [0.05, 0.1) is 5.69 Å². The zero-order valence-electron chi connectivity index (χ0n) is 12.3. The molecule has 0 aliphatic carbocycles.